The Labute approximate surface area is 224 Å². The second-order valence-electron chi connectivity index (χ2n) is 9.61. The van der Waals surface area contributed by atoms with Gasteiger partial charge in [-0.05, 0) is 54.7 Å². The topological polar surface area (TPSA) is 87.6 Å². The van der Waals surface area contributed by atoms with Crippen molar-refractivity contribution in [2.75, 3.05) is 25.0 Å². The van der Waals surface area contributed by atoms with Crippen LogP contribution in [0.2, 0.25) is 0 Å². The molecule has 1 aliphatic heterocycles. The summed E-state index contributed by atoms with van der Waals surface area (Å²) < 4.78 is 4.83. The van der Waals surface area contributed by atoms with Crippen LogP contribution in [0.4, 0.5) is 10.6 Å². The first-order valence-corrected chi connectivity index (χ1v) is 13.1. The summed E-state index contributed by atoms with van der Waals surface area (Å²) >= 11 is 0. The van der Waals surface area contributed by atoms with Gasteiger partial charge in [-0.15, -0.1) is 0 Å². The molecule has 1 amide bonds. The number of anilines is 1. The smallest absolute Gasteiger partial charge is 0.407 e. The number of aryl methyl sites for hydroxylation is 1. The fourth-order valence-corrected chi connectivity index (χ4v) is 4.58. The van der Waals surface area contributed by atoms with E-state index in [-0.39, 0.29) is 11.7 Å². The van der Waals surface area contributed by atoms with Crippen LogP contribution in [0.25, 0.3) is 10.9 Å². The van der Waals surface area contributed by atoms with Gasteiger partial charge >= 0.3 is 6.09 Å². The number of alkyl carbamates (subject to hydrolysis) is 1. The molecule has 0 radical (unpaired) electrons. The number of amides is 1. The van der Waals surface area contributed by atoms with E-state index >= 15 is 0 Å². The van der Waals surface area contributed by atoms with Crippen LogP contribution in [0, 0.1) is 12.8 Å². The molecule has 0 spiro atoms. The lowest BCUT2D eigenvalue weighted by molar-refractivity contribution is 0.142. The van der Waals surface area contributed by atoms with Crippen LogP contribution in [-0.4, -0.2) is 41.3 Å². The lowest BCUT2D eigenvalue weighted by Gasteiger charge is -2.21. The minimum Gasteiger partial charge on any atom is -0.508 e. The van der Waals surface area contributed by atoms with Crippen LogP contribution >= 0.6 is 0 Å². The zero-order chi connectivity index (χ0) is 26.9. The number of aliphatic hydroxyl groups excluding tert-OH is 1. The second kappa shape index (κ2) is 12.9. The predicted octanol–water partition coefficient (Wildman–Crippen LogP) is 6.37. The largest absolute Gasteiger partial charge is 0.508 e. The average molecular weight is 513 g/mol. The molecule has 2 aromatic carbocycles. The minimum absolute atomic E-state index is 0.127. The third-order valence-corrected chi connectivity index (χ3v) is 6.77. The van der Waals surface area contributed by atoms with Gasteiger partial charge in [0.2, 0.25) is 0 Å². The molecule has 2 aliphatic rings. The number of nitrogens with zero attached hydrogens (tertiary/aromatic N) is 3. The summed E-state index contributed by atoms with van der Waals surface area (Å²) in [5, 5.41) is 13.5. The Hall–Kier alpha value is -4.13. The Morgan fingerprint density at radius 3 is 2.71 bits per heavy atom. The Balaban J connectivity index is 0.000000236. The minimum atomic E-state index is -0.404. The van der Waals surface area contributed by atoms with Crippen molar-refractivity contribution in [2.45, 2.75) is 39.2 Å². The monoisotopic (exact) mass is 512 g/mol. The third-order valence-electron chi connectivity index (χ3n) is 6.77. The molecule has 2 atom stereocenters. The van der Waals surface area contributed by atoms with Crippen molar-refractivity contribution >= 4 is 22.8 Å². The third kappa shape index (κ3) is 7.00. The van der Waals surface area contributed by atoms with Crippen LogP contribution < -0.4 is 10.2 Å². The number of nitrogens with one attached hydrogen (secondary N) is 1. The highest BCUT2D eigenvalue weighted by Crippen LogP contribution is 2.32. The van der Waals surface area contributed by atoms with E-state index in [1.807, 2.05) is 48.6 Å². The number of rotatable bonds is 5. The van der Waals surface area contributed by atoms with Crippen LogP contribution in [0.3, 0.4) is 0 Å². The maximum absolute atomic E-state index is 10.7. The van der Waals surface area contributed by atoms with Crippen molar-refractivity contribution in [3.63, 3.8) is 0 Å². The van der Waals surface area contributed by atoms with Gasteiger partial charge in [-0.1, -0.05) is 68.0 Å². The molecule has 2 heterocycles. The van der Waals surface area contributed by atoms with Crippen molar-refractivity contribution in [1.82, 2.24) is 15.3 Å². The molecule has 1 saturated heterocycles. The number of hydrogen-bond donors (Lipinski definition) is 2. The molecule has 0 bridgehead atoms. The average Bonchev–Trinajstić information content (AvgIpc) is 3.32. The SMILES string of the molecule is CCC1CCN(c2nc(C3C=CC=CC(O)=C3)nc3cc(C)ccc23)C1.CNC(=O)OCc1ccccc1. The first kappa shape index (κ1) is 26.9. The zero-order valence-corrected chi connectivity index (χ0v) is 22.3. The summed E-state index contributed by atoms with van der Waals surface area (Å²) in [6.45, 7) is 6.77. The van der Waals surface area contributed by atoms with Gasteiger partial charge in [0, 0.05) is 25.5 Å². The van der Waals surface area contributed by atoms with Gasteiger partial charge in [0.1, 0.15) is 24.0 Å². The molecule has 7 heteroatoms. The first-order valence-electron chi connectivity index (χ1n) is 13.1. The van der Waals surface area contributed by atoms with Gasteiger partial charge in [-0.3, -0.25) is 0 Å². The van der Waals surface area contributed by atoms with Crippen molar-refractivity contribution < 1.29 is 14.6 Å². The van der Waals surface area contributed by atoms with Crippen molar-refractivity contribution in [3.05, 3.63) is 102 Å². The van der Waals surface area contributed by atoms with E-state index in [0.29, 0.717) is 6.61 Å². The van der Waals surface area contributed by atoms with Crippen molar-refractivity contribution in [1.29, 1.82) is 0 Å². The summed E-state index contributed by atoms with van der Waals surface area (Å²) in [5.74, 6) is 2.63. The highest BCUT2D eigenvalue weighted by Gasteiger charge is 2.25. The molecule has 3 aromatic rings. The Bertz CT molecular complexity index is 1330. The fourth-order valence-electron chi connectivity index (χ4n) is 4.58. The number of hydrogen-bond acceptors (Lipinski definition) is 6. The lowest BCUT2D eigenvalue weighted by atomic mass is 10.1. The molecule has 1 aromatic heterocycles. The summed E-state index contributed by atoms with van der Waals surface area (Å²) in [6, 6.07) is 15.9. The van der Waals surface area contributed by atoms with Gasteiger partial charge in [0.15, 0.2) is 0 Å². The van der Waals surface area contributed by atoms with Gasteiger partial charge in [0.25, 0.3) is 0 Å². The van der Waals surface area contributed by atoms with Crippen molar-refractivity contribution in [3.8, 4) is 0 Å². The van der Waals surface area contributed by atoms with E-state index in [1.165, 1.54) is 25.5 Å². The van der Waals surface area contributed by atoms with Gasteiger partial charge < -0.3 is 20.1 Å². The second-order valence-corrected chi connectivity index (χ2v) is 9.61. The van der Waals surface area contributed by atoms with Gasteiger partial charge in [-0.2, -0.15) is 0 Å². The van der Waals surface area contributed by atoms with Crippen LogP contribution in [0.15, 0.2) is 84.7 Å². The molecule has 1 fully saturated rings. The van der Waals surface area contributed by atoms with Crippen LogP contribution in [0.1, 0.15) is 42.6 Å². The number of carbonyl (C=O) groups is 1. The quantitative estimate of drug-likeness (QED) is 0.413. The van der Waals surface area contributed by atoms with Gasteiger partial charge in [0.05, 0.1) is 11.4 Å². The number of aliphatic hydroxyl groups is 1. The standard InChI is InChI=1S/C22H25N3O.C9H11NO2/c1-3-16-10-11-25(14-16)22-19-9-8-15(2)12-20(19)23-21(24-22)17-6-4-5-7-18(26)13-17;1-10-9(11)12-7-8-5-3-2-4-6-8/h4-9,12-13,16-17,26H,3,10-11,14H2,1-2H3;2-6H,7H2,1H3,(H,10,11). The molecular formula is C31H36N4O3. The highest BCUT2D eigenvalue weighted by molar-refractivity contribution is 5.90. The Kier molecular flexibility index (Phi) is 9.14. The van der Waals surface area contributed by atoms with Crippen LogP contribution in [-0.2, 0) is 11.3 Å². The summed E-state index contributed by atoms with van der Waals surface area (Å²) in [7, 11) is 1.54. The normalized spacial score (nSPS) is 18.4. The van der Waals surface area contributed by atoms with Crippen molar-refractivity contribution in [2.24, 2.45) is 5.92 Å². The van der Waals surface area contributed by atoms with E-state index in [9.17, 15) is 9.90 Å². The summed E-state index contributed by atoms with van der Waals surface area (Å²) in [4.78, 5) is 22.8. The number of aromatic nitrogens is 2. The van der Waals surface area contributed by atoms with Gasteiger partial charge in [-0.25, -0.2) is 14.8 Å². The molecule has 7 nitrogen and oxygen atoms in total. The summed E-state index contributed by atoms with van der Waals surface area (Å²) in [5.41, 5.74) is 3.15. The Morgan fingerprint density at radius 1 is 1.16 bits per heavy atom. The number of ether oxygens (including phenoxy) is 1. The fraction of sp³-hybridized carbons (Fsp3) is 0.323. The highest BCUT2D eigenvalue weighted by atomic mass is 16.5. The van der Waals surface area contributed by atoms with Crippen LogP contribution in [0.5, 0.6) is 0 Å². The number of carbonyl (C=O) groups excluding carboxylic acids is 1. The first-order chi connectivity index (χ1) is 18.5. The maximum atomic E-state index is 10.7. The molecule has 198 valence electrons. The van der Waals surface area contributed by atoms with E-state index in [0.717, 1.165) is 47.1 Å². The number of benzene rings is 2. The zero-order valence-electron chi connectivity index (χ0n) is 22.3. The molecule has 2 N–H and O–H groups in total. The van der Waals surface area contributed by atoms with E-state index in [2.05, 4.69) is 42.3 Å². The molecule has 1 aliphatic carbocycles. The molecule has 0 saturated carbocycles. The molecule has 38 heavy (non-hydrogen) atoms. The predicted molar refractivity (Wildman–Crippen MR) is 152 cm³/mol. The molecule has 5 rings (SSSR count). The van der Waals surface area contributed by atoms with E-state index < -0.39 is 6.09 Å². The summed E-state index contributed by atoms with van der Waals surface area (Å²) in [6.07, 6.45) is 11.3. The molecular weight excluding hydrogens is 476 g/mol. The number of allylic oxidation sites excluding steroid dienone is 5. The Morgan fingerprint density at radius 2 is 1.97 bits per heavy atom. The van der Waals surface area contributed by atoms with E-state index in [4.69, 9.17) is 14.7 Å². The molecule has 2 unspecified atom stereocenters. The van der Waals surface area contributed by atoms with E-state index in [1.54, 1.807) is 12.2 Å². The lowest BCUT2D eigenvalue weighted by Crippen LogP contribution is -2.22. The maximum Gasteiger partial charge on any atom is 0.407 e. The number of fused-ring (bicyclic) bond motifs is 1.